The van der Waals surface area contributed by atoms with Gasteiger partial charge in [-0.3, -0.25) is 4.79 Å². The lowest BCUT2D eigenvalue weighted by Gasteiger charge is -2.17. The van der Waals surface area contributed by atoms with Gasteiger partial charge >= 0.3 is 0 Å². The maximum atomic E-state index is 11.7. The molecule has 0 saturated carbocycles. The lowest BCUT2D eigenvalue weighted by atomic mass is 9.95. The molecule has 0 atom stereocenters. The predicted molar refractivity (Wildman–Crippen MR) is 71.7 cm³/mol. The Hall–Kier alpha value is -1.79. The molecule has 1 aromatic carbocycles. The number of aliphatic hydroxyl groups excluding tert-OH is 1. The van der Waals surface area contributed by atoms with Crippen molar-refractivity contribution in [1.29, 1.82) is 0 Å². The average molecular weight is 245 g/mol. The Kier molecular flexibility index (Phi) is 4.94. The van der Waals surface area contributed by atoms with Crippen LogP contribution in [0.4, 0.5) is 0 Å². The highest BCUT2D eigenvalue weighted by molar-refractivity contribution is 5.81. The summed E-state index contributed by atoms with van der Waals surface area (Å²) in [5, 5.41) is 11.5. The van der Waals surface area contributed by atoms with Gasteiger partial charge in [-0.2, -0.15) is 0 Å². The summed E-state index contributed by atoms with van der Waals surface area (Å²) in [6.45, 7) is 5.98. The maximum absolute atomic E-state index is 11.7. The zero-order valence-electron chi connectivity index (χ0n) is 11.1. The van der Waals surface area contributed by atoms with Crippen molar-refractivity contribution in [3.8, 4) is 11.8 Å². The molecule has 0 aromatic heterocycles. The van der Waals surface area contributed by atoms with E-state index in [1.54, 1.807) is 0 Å². The van der Waals surface area contributed by atoms with E-state index in [0.29, 0.717) is 6.54 Å². The number of aliphatic hydroxyl groups is 1. The standard InChI is InChI=1S/C15H19NO2/c1-15(2,3)14(18)16-11-13-7-4-6-12(10-13)8-5-9-17/h4,6-7,10,17H,9,11H2,1-3H3,(H,16,18). The molecule has 0 radical (unpaired) electrons. The number of carbonyl (C=O) groups excluding carboxylic acids is 1. The molecule has 2 N–H and O–H groups in total. The van der Waals surface area contributed by atoms with Crippen molar-refractivity contribution >= 4 is 5.91 Å². The molecule has 0 fully saturated rings. The summed E-state index contributed by atoms with van der Waals surface area (Å²) in [5.41, 5.74) is 1.46. The van der Waals surface area contributed by atoms with Crippen molar-refractivity contribution in [2.24, 2.45) is 5.41 Å². The van der Waals surface area contributed by atoms with E-state index in [-0.39, 0.29) is 17.9 Å². The van der Waals surface area contributed by atoms with Crippen LogP contribution in [0.25, 0.3) is 0 Å². The van der Waals surface area contributed by atoms with Crippen LogP contribution in [0.5, 0.6) is 0 Å². The number of nitrogens with one attached hydrogen (secondary N) is 1. The molecule has 96 valence electrons. The summed E-state index contributed by atoms with van der Waals surface area (Å²) in [6.07, 6.45) is 0. The van der Waals surface area contributed by atoms with E-state index in [0.717, 1.165) is 11.1 Å². The Morgan fingerprint density at radius 3 is 2.72 bits per heavy atom. The molecule has 0 unspecified atom stereocenters. The van der Waals surface area contributed by atoms with E-state index in [1.165, 1.54) is 0 Å². The van der Waals surface area contributed by atoms with Gasteiger partial charge in [-0.25, -0.2) is 0 Å². The number of carbonyl (C=O) groups is 1. The number of benzene rings is 1. The van der Waals surface area contributed by atoms with Gasteiger partial charge in [0.05, 0.1) is 0 Å². The zero-order chi connectivity index (χ0) is 13.6. The molecule has 1 amide bonds. The van der Waals surface area contributed by atoms with Gasteiger partial charge in [0.1, 0.15) is 6.61 Å². The summed E-state index contributed by atoms with van der Waals surface area (Å²) in [4.78, 5) is 11.7. The molecule has 0 aliphatic heterocycles. The predicted octanol–water partition coefficient (Wildman–Crippen LogP) is 1.69. The summed E-state index contributed by atoms with van der Waals surface area (Å²) < 4.78 is 0. The molecule has 1 rings (SSSR count). The molecule has 0 spiro atoms. The Bertz CT molecular complexity index is 475. The van der Waals surface area contributed by atoms with Crippen LogP contribution in [0, 0.1) is 17.3 Å². The number of hydrogen-bond donors (Lipinski definition) is 2. The average Bonchev–Trinajstić information content (AvgIpc) is 2.32. The van der Waals surface area contributed by atoms with E-state index >= 15 is 0 Å². The normalized spacial score (nSPS) is 10.4. The van der Waals surface area contributed by atoms with Crippen LogP contribution in [0.1, 0.15) is 31.9 Å². The third kappa shape index (κ3) is 4.60. The number of hydrogen-bond acceptors (Lipinski definition) is 2. The highest BCUT2D eigenvalue weighted by Crippen LogP contribution is 2.13. The van der Waals surface area contributed by atoms with Crippen LogP contribution in [0.3, 0.4) is 0 Å². The van der Waals surface area contributed by atoms with Gasteiger partial charge in [0.15, 0.2) is 0 Å². The minimum atomic E-state index is -0.381. The van der Waals surface area contributed by atoms with Crippen LogP contribution >= 0.6 is 0 Å². The molecule has 0 aliphatic rings. The first-order chi connectivity index (χ1) is 8.43. The Morgan fingerprint density at radius 1 is 1.39 bits per heavy atom. The van der Waals surface area contributed by atoms with Crippen LogP contribution in [-0.4, -0.2) is 17.6 Å². The Morgan fingerprint density at radius 2 is 2.11 bits per heavy atom. The summed E-state index contributed by atoms with van der Waals surface area (Å²) in [6, 6.07) is 7.61. The summed E-state index contributed by atoms with van der Waals surface area (Å²) in [5.74, 6) is 5.46. The first-order valence-corrected chi connectivity index (χ1v) is 5.90. The monoisotopic (exact) mass is 245 g/mol. The molecular formula is C15H19NO2. The van der Waals surface area contributed by atoms with Gasteiger partial charge in [-0.05, 0) is 17.7 Å². The van der Waals surface area contributed by atoms with E-state index in [4.69, 9.17) is 5.11 Å². The largest absolute Gasteiger partial charge is 0.384 e. The first-order valence-electron chi connectivity index (χ1n) is 5.90. The maximum Gasteiger partial charge on any atom is 0.225 e. The van der Waals surface area contributed by atoms with Crippen LogP contribution < -0.4 is 5.32 Å². The van der Waals surface area contributed by atoms with Crippen molar-refractivity contribution < 1.29 is 9.90 Å². The van der Waals surface area contributed by atoms with Crippen molar-refractivity contribution in [1.82, 2.24) is 5.32 Å². The summed E-state index contributed by atoms with van der Waals surface area (Å²) in [7, 11) is 0. The molecular weight excluding hydrogens is 226 g/mol. The van der Waals surface area contributed by atoms with Gasteiger partial charge in [-0.15, -0.1) is 0 Å². The van der Waals surface area contributed by atoms with Gasteiger partial charge < -0.3 is 10.4 Å². The fourth-order valence-electron chi connectivity index (χ4n) is 1.35. The third-order valence-electron chi connectivity index (χ3n) is 2.37. The molecule has 18 heavy (non-hydrogen) atoms. The van der Waals surface area contributed by atoms with E-state index < -0.39 is 0 Å². The summed E-state index contributed by atoms with van der Waals surface area (Å²) >= 11 is 0. The number of rotatable bonds is 2. The molecule has 1 aromatic rings. The van der Waals surface area contributed by atoms with Crippen molar-refractivity contribution in [3.05, 3.63) is 35.4 Å². The lowest BCUT2D eigenvalue weighted by Crippen LogP contribution is -2.34. The molecule has 0 heterocycles. The number of amides is 1. The molecule has 3 nitrogen and oxygen atoms in total. The molecule has 3 heteroatoms. The topological polar surface area (TPSA) is 49.3 Å². The Labute approximate surface area is 108 Å². The van der Waals surface area contributed by atoms with Crippen LogP contribution in [0.15, 0.2) is 24.3 Å². The van der Waals surface area contributed by atoms with E-state index in [2.05, 4.69) is 17.2 Å². The van der Waals surface area contributed by atoms with Crippen LogP contribution in [0.2, 0.25) is 0 Å². The molecule has 0 aliphatic carbocycles. The molecule has 0 bridgehead atoms. The van der Waals surface area contributed by atoms with E-state index in [1.807, 2.05) is 45.0 Å². The SMILES string of the molecule is CC(C)(C)C(=O)NCc1cccc(C#CCO)c1. The van der Waals surface area contributed by atoms with Gasteiger partial charge in [0, 0.05) is 17.5 Å². The highest BCUT2D eigenvalue weighted by Gasteiger charge is 2.20. The minimum absolute atomic E-state index is 0.0225. The van der Waals surface area contributed by atoms with Crippen molar-refractivity contribution in [2.45, 2.75) is 27.3 Å². The van der Waals surface area contributed by atoms with Gasteiger partial charge in [0.25, 0.3) is 0 Å². The lowest BCUT2D eigenvalue weighted by molar-refractivity contribution is -0.128. The van der Waals surface area contributed by atoms with Gasteiger partial charge in [-0.1, -0.05) is 44.7 Å². The van der Waals surface area contributed by atoms with Crippen LogP contribution in [-0.2, 0) is 11.3 Å². The second-order valence-electron chi connectivity index (χ2n) is 5.09. The minimum Gasteiger partial charge on any atom is -0.384 e. The van der Waals surface area contributed by atoms with Crippen molar-refractivity contribution in [3.63, 3.8) is 0 Å². The van der Waals surface area contributed by atoms with Gasteiger partial charge in [0.2, 0.25) is 5.91 Å². The fraction of sp³-hybridized carbons (Fsp3) is 0.400. The zero-order valence-corrected chi connectivity index (χ0v) is 11.1. The first kappa shape index (κ1) is 14.3. The van der Waals surface area contributed by atoms with E-state index in [9.17, 15) is 4.79 Å². The quantitative estimate of drug-likeness (QED) is 0.779. The van der Waals surface area contributed by atoms with Crippen molar-refractivity contribution in [2.75, 3.05) is 6.61 Å². The highest BCUT2D eigenvalue weighted by atomic mass is 16.2. The third-order valence-corrected chi connectivity index (χ3v) is 2.37. The smallest absolute Gasteiger partial charge is 0.225 e. The second kappa shape index (κ2) is 6.23. The Balaban J connectivity index is 2.66. The molecule has 0 saturated heterocycles. The second-order valence-corrected chi connectivity index (χ2v) is 5.09. The fourth-order valence-corrected chi connectivity index (χ4v) is 1.35.